The smallest absolute Gasteiger partial charge is 0.338 e. The van der Waals surface area contributed by atoms with Crippen molar-refractivity contribution in [2.45, 2.75) is 57.7 Å². The van der Waals surface area contributed by atoms with Crippen LogP contribution in [0.5, 0.6) is 11.5 Å². The van der Waals surface area contributed by atoms with Gasteiger partial charge in [-0.2, -0.15) is 0 Å². The fraction of sp³-hybridized carbons (Fsp3) is 0.323. The van der Waals surface area contributed by atoms with Gasteiger partial charge >= 0.3 is 5.97 Å². The summed E-state index contributed by atoms with van der Waals surface area (Å²) in [6, 6.07) is 16.2. The van der Waals surface area contributed by atoms with E-state index in [1.165, 1.54) is 39.9 Å². The Labute approximate surface area is 242 Å². The number of hydrogen-bond acceptors (Lipinski definition) is 8. The van der Waals surface area contributed by atoms with Crippen LogP contribution in [0.1, 0.15) is 61.0 Å². The van der Waals surface area contributed by atoms with Crippen LogP contribution in [0, 0.1) is 0 Å². The highest BCUT2D eigenvalue weighted by atomic mass is 16.5. The van der Waals surface area contributed by atoms with E-state index in [9.17, 15) is 24.6 Å². The zero-order chi connectivity index (χ0) is 29.6. The zero-order valence-corrected chi connectivity index (χ0v) is 23.3. The highest BCUT2D eigenvalue weighted by Crippen LogP contribution is 2.34. The largest absolute Gasteiger partial charge is 0.504 e. The Kier molecular flexibility index (Phi) is 8.66. The Morgan fingerprint density at radius 3 is 2.45 bits per heavy atom. The van der Waals surface area contributed by atoms with Crippen LogP contribution >= 0.6 is 0 Å². The van der Waals surface area contributed by atoms with Crippen molar-refractivity contribution in [1.29, 1.82) is 0 Å². The third-order valence-electron chi connectivity index (χ3n) is 7.40. The molecule has 1 heterocycles. The molecule has 0 bridgehead atoms. The third-order valence-corrected chi connectivity index (χ3v) is 7.40. The number of aromatic nitrogens is 3. The fourth-order valence-corrected chi connectivity index (χ4v) is 5.30. The number of esters is 1. The Balaban J connectivity index is 1.58. The second-order valence-electron chi connectivity index (χ2n) is 10.3. The fourth-order valence-electron chi connectivity index (χ4n) is 5.30. The van der Waals surface area contributed by atoms with Crippen LogP contribution in [0.4, 0.5) is 5.69 Å². The molecule has 11 heteroatoms. The van der Waals surface area contributed by atoms with Crippen molar-refractivity contribution in [3.8, 4) is 11.5 Å². The lowest BCUT2D eigenvalue weighted by molar-refractivity contribution is -0.127. The van der Waals surface area contributed by atoms with Crippen molar-refractivity contribution < 1.29 is 29.3 Å². The van der Waals surface area contributed by atoms with Gasteiger partial charge in [-0.25, -0.2) is 9.48 Å². The van der Waals surface area contributed by atoms with Crippen molar-refractivity contribution >= 4 is 34.5 Å². The summed E-state index contributed by atoms with van der Waals surface area (Å²) in [5, 5.41) is 31.7. The number of carbonyl (C=O) groups excluding carboxylic acids is 3. The summed E-state index contributed by atoms with van der Waals surface area (Å²) in [5.41, 5.74) is 2.19. The lowest BCUT2D eigenvalue weighted by atomic mass is 9.94. The standard InChI is InChI=1S/C31H33N5O6/c1-2-42-31(41)20-12-15-23(16-13-20)36(28(39)19-35-25-11-7-6-10-24(25)33-34-35)29(21-14-17-26(37)27(38)18-21)30(40)32-22-8-4-3-5-9-22/h6-7,10-18,22,29,37-38H,2-5,8-9,19H2,1H3,(H,32,40)/t29-/m0/s1. The van der Waals surface area contributed by atoms with Crippen molar-refractivity contribution in [3.63, 3.8) is 0 Å². The van der Waals surface area contributed by atoms with Crippen LogP contribution in [0.3, 0.4) is 0 Å². The number of para-hydroxylation sites is 1. The van der Waals surface area contributed by atoms with E-state index in [0.717, 1.165) is 32.1 Å². The van der Waals surface area contributed by atoms with Crippen molar-refractivity contribution in [2.24, 2.45) is 0 Å². The predicted molar refractivity (Wildman–Crippen MR) is 155 cm³/mol. The zero-order valence-electron chi connectivity index (χ0n) is 23.3. The quantitative estimate of drug-likeness (QED) is 0.200. The molecule has 42 heavy (non-hydrogen) atoms. The lowest BCUT2D eigenvalue weighted by Gasteiger charge is -2.33. The molecule has 0 aliphatic heterocycles. The average Bonchev–Trinajstić information content (AvgIpc) is 3.40. The summed E-state index contributed by atoms with van der Waals surface area (Å²) in [4.78, 5) is 41.9. The first-order valence-corrected chi connectivity index (χ1v) is 14.1. The van der Waals surface area contributed by atoms with E-state index in [0.29, 0.717) is 27.8 Å². The molecule has 0 radical (unpaired) electrons. The molecular weight excluding hydrogens is 538 g/mol. The lowest BCUT2D eigenvalue weighted by Crippen LogP contribution is -2.48. The number of hydrogen-bond donors (Lipinski definition) is 3. The molecule has 5 rings (SSSR count). The summed E-state index contributed by atoms with van der Waals surface area (Å²) in [5.74, 6) is -2.19. The number of nitrogens with one attached hydrogen (secondary N) is 1. The number of phenols is 2. The van der Waals surface area contributed by atoms with Gasteiger partial charge in [0.15, 0.2) is 11.5 Å². The second-order valence-corrected chi connectivity index (χ2v) is 10.3. The van der Waals surface area contributed by atoms with E-state index in [-0.39, 0.29) is 24.9 Å². The number of nitrogens with zero attached hydrogens (tertiary/aromatic N) is 4. The number of phenolic OH excluding ortho intramolecular Hbond substituents is 2. The minimum Gasteiger partial charge on any atom is -0.504 e. The topological polar surface area (TPSA) is 147 Å². The molecule has 218 valence electrons. The van der Waals surface area contributed by atoms with Crippen molar-refractivity contribution in [1.82, 2.24) is 20.3 Å². The van der Waals surface area contributed by atoms with Crippen LogP contribution in [-0.4, -0.2) is 55.6 Å². The van der Waals surface area contributed by atoms with Crippen molar-refractivity contribution in [2.75, 3.05) is 11.5 Å². The van der Waals surface area contributed by atoms with Gasteiger partial charge in [0.25, 0.3) is 0 Å². The molecule has 4 aromatic rings. The van der Waals surface area contributed by atoms with E-state index in [2.05, 4.69) is 15.6 Å². The predicted octanol–water partition coefficient (Wildman–Crippen LogP) is 4.24. The number of fused-ring (bicyclic) bond motifs is 1. The normalized spacial score (nSPS) is 14.3. The first-order valence-electron chi connectivity index (χ1n) is 14.1. The van der Waals surface area contributed by atoms with Gasteiger partial charge in [-0.05, 0) is 73.9 Å². The molecule has 1 fully saturated rings. The Morgan fingerprint density at radius 2 is 1.74 bits per heavy atom. The van der Waals surface area contributed by atoms with Gasteiger partial charge in [-0.15, -0.1) is 5.10 Å². The number of ether oxygens (including phenoxy) is 1. The number of carbonyl (C=O) groups is 3. The maximum absolute atomic E-state index is 14.2. The van der Waals surface area contributed by atoms with Gasteiger partial charge in [0, 0.05) is 11.7 Å². The first-order chi connectivity index (χ1) is 20.4. The van der Waals surface area contributed by atoms with E-state index in [1.807, 2.05) is 12.1 Å². The molecule has 3 aromatic carbocycles. The third kappa shape index (κ3) is 6.19. The molecule has 2 amide bonds. The molecule has 1 aliphatic carbocycles. The molecule has 11 nitrogen and oxygen atoms in total. The van der Waals surface area contributed by atoms with Crippen LogP contribution < -0.4 is 10.2 Å². The van der Waals surface area contributed by atoms with Crippen LogP contribution in [0.15, 0.2) is 66.7 Å². The molecule has 1 aromatic heterocycles. The highest BCUT2D eigenvalue weighted by Gasteiger charge is 2.35. The second kappa shape index (κ2) is 12.7. The maximum Gasteiger partial charge on any atom is 0.338 e. The van der Waals surface area contributed by atoms with Gasteiger partial charge in [0.2, 0.25) is 11.8 Å². The van der Waals surface area contributed by atoms with Crippen LogP contribution in [-0.2, 0) is 20.9 Å². The Bertz CT molecular complexity index is 1580. The molecule has 0 unspecified atom stereocenters. The Morgan fingerprint density at radius 1 is 1.00 bits per heavy atom. The minimum absolute atomic E-state index is 0.0538. The molecule has 1 saturated carbocycles. The molecular formula is C31H33N5O6. The Hall–Kier alpha value is -4.93. The average molecular weight is 572 g/mol. The van der Waals surface area contributed by atoms with Crippen LogP contribution in [0.25, 0.3) is 11.0 Å². The summed E-state index contributed by atoms with van der Waals surface area (Å²) in [6.45, 7) is 1.69. The molecule has 1 atom stereocenters. The SMILES string of the molecule is CCOC(=O)c1ccc(N(C(=O)Cn2nnc3ccccc32)[C@H](C(=O)NC2CCCCC2)c2ccc(O)c(O)c2)cc1. The minimum atomic E-state index is -1.21. The number of amides is 2. The number of aromatic hydroxyl groups is 2. The first kappa shape index (κ1) is 28.6. The van der Waals surface area contributed by atoms with Gasteiger partial charge < -0.3 is 20.3 Å². The van der Waals surface area contributed by atoms with Crippen LogP contribution in [0.2, 0.25) is 0 Å². The summed E-state index contributed by atoms with van der Waals surface area (Å²) in [7, 11) is 0. The summed E-state index contributed by atoms with van der Waals surface area (Å²) in [6.07, 6.45) is 4.74. The number of rotatable bonds is 9. The molecule has 0 saturated heterocycles. The van der Waals surface area contributed by atoms with E-state index >= 15 is 0 Å². The molecule has 3 N–H and O–H groups in total. The van der Waals surface area contributed by atoms with E-state index in [4.69, 9.17) is 4.74 Å². The monoisotopic (exact) mass is 571 g/mol. The maximum atomic E-state index is 14.2. The summed E-state index contributed by atoms with van der Waals surface area (Å²) < 4.78 is 6.56. The van der Waals surface area contributed by atoms with Gasteiger partial charge in [0.05, 0.1) is 17.7 Å². The van der Waals surface area contributed by atoms with E-state index < -0.39 is 29.6 Å². The van der Waals surface area contributed by atoms with Crippen molar-refractivity contribution in [3.05, 3.63) is 77.9 Å². The number of benzene rings is 3. The highest BCUT2D eigenvalue weighted by molar-refractivity contribution is 6.02. The van der Waals surface area contributed by atoms with Gasteiger partial charge in [-0.1, -0.05) is 42.7 Å². The van der Waals surface area contributed by atoms with Gasteiger partial charge in [0.1, 0.15) is 18.1 Å². The summed E-state index contributed by atoms with van der Waals surface area (Å²) >= 11 is 0. The van der Waals surface area contributed by atoms with E-state index in [1.54, 1.807) is 31.2 Å². The number of anilines is 1. The molecule has 0 spiro atoms. The molecule has 1 aliphatic rings. The van der Waals surface area contributed by atoms with Gasteiger partial charge in [-0.3, -0.25) is 14.5 Å².